The van der Waals surface area contributed by atoms with E-state index >= 15 is 0 Å². The summed E-state index contributed by atoms with van der Waals surface area (Å²) in [5, 5.41) is 6.48. The average Bonchev–Trinajstić information content (AvgIpc) is 2.71. The van der Waals surface area contributed by atoms with Crippen molar-refractivity contribution in [2.24, 2.45) is 0 Å². The fourth-order valence-electron chi connectivity index (χ4n) is 0.952. The molecular formula is C8H7BrN2OS. The fraction of sp³-hybridized carbons (Fsp3) is 0.250. The smallest absolute Gasteiger partial charge is 0.268 e. The summed E-state index contributed by atoms with van der Waals surface area (Å²) in [6, 6.07) is 2.04. The molecule has 2 rings (SSSR count). The standard InChI is InChI=1S/C8H7BrN2OS/c1-5-2-6(13-4-5)8-10-7(3-9)11-12-8/h2,4H,3H2,1H3. The molecule has 0 unspecified atom stereocenters. The summed E-state index contributed by atoms with van der Waals surface area (Å²) in [7, 11) is 0. The molecule has 68 valence electrons. The van der Waals surface area contributed by atoms with Crippen LogP contribution < -0.4 is 0 Å². The van der Waals surface area contributed by atoms with Crippen molar-refractivity contribution < 1.29 is 4.52 Å². The van der Waals surface area contributed by atoms with Gasteiger partial charge in [-0.2, -0.15) is 4.98 Å². The molecule has 5 heteroatoms. The van der Waals surface area contributed by atoms with E-state index < -0.39 is 0 Å². The van der Waals surface area contributed by atoms with E-state index in [4.69, 9.17) is 4.52 Å². The number of aromatic nitrogens is 2. The Morgan fingerprint density at radius 2 is 2.46 bits per heavy atom. The first kappa shape index (κ1) is 8.90. The van der Waals surface area contributed by atoms with Crippen LogP contribution in [0.3, 0.4) is 0 Å². The second-order valence-corrected chi connectivity index (χ2v) is 4.11. The van der Waals surface area contributed by atoms with E-state index in [0.29, 0.717) is 17.0 Å². The van der Waals surface area contributed by atoms with Crippen molar-refractivity contribution in [1.29, 1.82) is 0 Å². The highest BCUT2D eigenvalue weighted by atomic mass is 79.9. The molecule has 0 bridgehead atoms. The summed E-state index contributed by atoms with van der Waals surface area (Å²) >= 11 is 4.88. The molecule has 0 aliphatic carbocycles. The first-order valence-corrected chi connectivity index (χ1v) is 5.74. The predicted molar refractivity (Wildman–Crippen MR) is 55.0 cm³/mol. The van der Waals surface area contributed by atoms with Crippen molar-refractivity contribution >= 4 is 27.3 Å². The van der Waals surface area contributed by atoms with Crippen molar-refractivity contribution in [1.82, 2.24) is 10.1 Å². The van der Waals surface area contributed by atoms with E-state index in [1.54, 1.807) is 11.3 Å². The van der Waals surface area contributed by atoms with Gasteiger partial charge < -0.3 is 4.52 Å². The zero-order valence-electron chi connectivity index (χ0n) is 6.95. The monoisotopic (exact) mass is 258 g/mol. The maximum absolute atomic E-state index is 5.07. The Morgan fingerprint density at radius 1 is 1.62 bits per heavy atom. The Kier molecular flexibility index (Phi) is 2.46. The largest absolute Gasteiger partial charge is 0.333 e. The molecule has 0 radical (unpaired) electrons. The van der Waals surface area contributed by atoms with Gasteiger partial charge in [-0.15, -0.1) is 11.3 Å². The van der Waals surface area contributed by atoms with Crippen molar-refractivity contribution in [2.75, 3.05) is 0 Å². The number of halogens is 1. The zero-order chi connectivity index (χ0) is 9.26. The molecule has 3 nitrogen and oxygen atoms in total. The van der Waals surface area contributed by atoms with Gasteiger partial charge in [0.1, 0.15) is 0 Å². The van der Waals surface area contributed by atoms with Crippen LogP contribution in [-0.4, -0.2) is 10.1 Å². The number of rotatable bonds is 2. The summed E-state index contributed by atoms with van der Waals surface area (Å²) in [5.41, 5.74) is 1.22. The molecular weight excluding hydrogens is 252 g/mol. The molecule has 2 aromatic rings. The summed E-state index contributed by atoms with van der Waals surface area (Å²) < 4.78 is 5.07. The minimum atomic E-state index is 0.604. The van der Waals surface area contributed by atoms with Gasteiger partial charge in [0.05, 0.1) is 10.2 Å². The van der Waals surface area contributed by atoms with Crippen LogP contribution in [0, 0.1) is 6.92 Å². The molecule has 0 spiro atoms. The van der Waals surface area contributed by atoms with Crippen molar-refractivity contribution in [3.8, 4) is 10.8 Å². The molecule has 2 heterocycles. The van der Waals surface area contributed by atoms with Gasteiger partial charge in [0.15, 0.2) is 5.82 Å². The van der Waals surface area contributed by atoms with Gasteiger partial charge >= 0.3 is 0 Å². The Labute approximate surface area is 87.9 Å². The van der Waals surface area contributed by atoms with Gasteiger partial charge in [0, 0.05) is 0 Å². The van der Waals surface area contributed by atoms with Gasteiger partial charge in [-0.05, 0) is 23.9 Å². The normalized spacial score (nSPS) is 10.6. The van der Waals surface area contributed by atoms with Gasteiger partial charge in [-0.25, -0.2) is 0 Å². The number of alkyl halides is 1. The van der Waals surface area contributed by atoms with Crippen molar-refractivity contribution in [3.63, 3.8) is 0 Å². The first-order valence-electron chi connectivity index (χ1n) is 3.73. The number of thiophene rings is 1. The topological polar surface area (TPSA) is 38.9 Å². The lowest BCUT2D eigenvalue weighted by Crippen LogP contribution is -1.78. The van der Waals surface area contributed by atoms with Crippen LogP contribution in [0.15, 0.2) is 16.0 Å². The van der Waals surface area contributed by atoms with E-state index in [1.807, 2.05) is 13.0 Å². The average molecular weight is 259 g/mol. The van der Waals surface area contributed by atoms with E-state index in [1.165, 1.54) is 5.56 Å². The first-order chi connectivity index (χ1) is 6.29. The van der Waals surface area contributed by atoms with E-state index in [2.05, 4.69) is 31.5 Å². The Bertz CT molecular complexity index is 410. The molecule has 0 aliphatic heterocycles. The van der Waals surface area contributed by atoms with Crippen LogP contribution in [0.25, 0.3) is 10.8 Å². The molecule has 2 aromatic heterocycles. The third-order valence-corrected chi connectivity index (χ3v) is 3.07. The van der Waals surface area contributed by atoms with Crippen LogP contribution in [0.1, 0.15) is 11.4 Å². The summed E-state index contributed by atoms with van der Waals surface area (Å²) in [6.45, 7) is 2.04. The maximum Gasteiger partial charge on any atom is 0.268 e. The molecule has 0 fully saturated rings. The lowest BCUT2D eigenvalue weighted by Gasteiger charge is -1.82. The fourth-order valence-corrected chi connectivity index (χ4v) is 2.00. The van der Waals surface area contributed by atoms with Crippen LogP contribution in [0.4, 0.5) is 0 Å². The zero-order valence-corrected chi connectivity index (χ0v) is 9.35. The molecule has 0 atom stereocenters. The van der Waals surface area contributed by atoms with Crippen LogP contribution in [-0.2, 0) is 5.33 Å². The third-order valence-electron chi connectivity index (χ3n) is 1.53. The molecule has 0 aliphatic rings. The van der Waals surface area contributed by atoms with Crippen LogP contribution in [0.2, 0.25) is 0 Å². The minimum absolute atomic E-state index is 0.604. The maximum atomic E-state index is 5.07. The lowest BCUT2D eigenvalue weighted by molar-refractivity contribution is 0.426. The number of nitrogens with zero attached hydrogens (tertiary/aromatic N) is 2. The van der Waals surface area contributed by atoms with E-state index in [-0.39, 0.29) is 0 Å². The molecule has 0 saturated carbocycles. The van der Waals surface area contributed by atoms with Gasteiger partial charge in [0.2, 0.25) is 0 Å². The Hall–Kier alpha value is -0.680. The summed E-state index contributed by atoms with van der Waals surface area (Å²) in [5.74, 6) is 1.29. The van der Waals surface area contributed by atoms with Crippen LogP contribution >= 0.6 is 27.3 Å². The number of hydrogen-bond acceptors (Lipinski definition) is 4. The Morgan fingerprint density at radius 3 is 3.00 bits per heavy atom. The van der Waals surface area contributed by atoms with Crippen molar-refractivity contribution in [3.05, 3.63) is 22.8 Å². The molecule has 0 amide bonds. The van der Waals surface area contributed by atoms with E-state index in [0.717, 1.165) is 4.88 Å². The Balaban J connectivity index is 2.35. The highest BCUT2D eigenvalue weighted by Gasteiger charge is 2.08. The predicted octanol–water partition coefficient (Wildman–Crippen LogP) is 3.00. The van der Waals surface area contributed by atoms with Gasteiger partial charge in [-0.1, -0.05) is 21.1 Å². The quantitative estimate of drug-likeness (QED) is 0.778. The van der Waals surface area contributed by atoms with Crippen molar-refractivity contribution in [2.45, 2.75) is 12.3 Å². The third kappa shape index (κ3) is 1.81. The number of aryl methyl sites for hydroxylation is 1. The minimum Gasteiger partial charge on any atom is -0.333 e. The molecule has 0 N–H and O–H groups in total. The highest BCUT2D eigenvalue weighted by Crippen LogP contribution is 2.25. The number of hydrogen-bond donors (Lipinski definition) is 0. The molecule has 0 saturated heterocycles. The van der Waals surface area contributed by atoms with Crippen LogP contribution in [0.5, 0.6) is 0 Å². The van der Waals surface area contributed by atoms with Gasteiger partial charge in [0.25, 0.3) is 5.89 Å². The van der Waals surface area contributed by atoms with Gasteiger partial charge in [-0.3, -0.25) is 0 Å². The second kappa shape index (κ2) is 3.59. The molecule has 13 heavy (non-hydrogen) atoms. The highest BCUT2D eigenvalue weighted by molar-refractivity contribution is 9.08. The SMILES string of the molecule is Cc1csc(-c2nc(CBr)no2)c1. The summed E-state index contributed by atoms with van der Waals surface area (Å²) in [6.07, 6.45) is 0. The van der Waals surface area contributed by atoms with E-state index in [9.17, 15) is 0 Å². The molecule has 0 aromatic carbocycles. The summed E-state index contributed by atoms with van der Waals surface area (Å²) in [4.78, 5) is 5.22. The second-order valence-electron chi connectivity index (χ2n) is 2.64. The lowest BCUT2D eigenvalue weighted by atomic mass is 10.3.